The number of pyridine rings is 1. The van der Waals surface area contributed by atoms with Gasteiger partial charge in [-0.05, 0) is 18.1 Å². The van der Waals surface area contributed by atoms with Gasteiger partial charge in [0, 0.05) is 18.5 Å². The van der Waals surface area contributed by atoms with Crippen molar-refractivity contribution in [1.29, 1.82) is 0 Å². The lowest BCUT2D eigenvalue weighted by Crippen LogP contribution is -2.15. The fraction of sp³-hybridized carbons (Fsp3) is 0.375. The molecule has 2 N–H and O–H groups in total. The van der Waals surface area contributed by atoms with Crippen molar-refractivity contribution in [3.8, 4) is 0 Å². The molecule has 0 amide bonds. The SMILES string of the molecule is CC(C)COCCNc1nc2ccccc2cc1C(=O)O. The van der Waals surface area contributed by atoms with E-state index in [1.165, 1.54) is 0 Å². The maximum atomic E-state index is 11.3. The van der Waals surface area contributed by atoms with Crippen LogP contribution in [0.3, 0.4) is 0 Å². The van der Waals surface area contributed by atoms with E-state index in [-0.39, 0.29) is 5.56 Å². The number of carbonyl (C=O) groups is 1. The molecule has 1 aromatic carbocycles. The molecule has 0 aliphatic carbocycles. The molecule has 0 bridgehead atoms. The second-order valence-corrected chi connectivity index (χ2v) is 5.28. The molecular weight excluding hydrogens is 268 g/mol. The number of para-hydroxylation sites is 1. The topological polar surface area (TPSA) is 71.5 Å². The minimum absolute atomic E-state index is 0.178. The monoisotopic (exact) mass is 288 g/mol. The zero-order chi connectivity index (χ0) is 15.2. The van der Waals surface area contributed by atoms with Crippen LogP contribution < -0.4 is 5.32 Å². The van der Waals surface area contributed by atoms with Crippen molar-refractivity contribution in [3.63, 3.8) is 0 Å². The largest absolute Gasteiger partial charge is 0.478 e. The van der Waals surface area contributed by atoms with E-state index in [1.807, 2.05) is 24.3 Å². The van der Waals surface area contributed by atoms with Gasteiger partial charge in [-0.25, -0.2) is 9.78 Å². The van der Waals surface area contributed by atoms with E-state index in [4.69, 9.17) is 4.74 Å². The van der Waals surface area contributed by atoms with E-state index < -0.39 is 5.97 Å². The summed E-state index contributed by atoms with van der Waals surface area (Å²) in [4.78, 5) is 15.7. The third-order valence-electron chi connectivity index (χ3n) is 2.94. The van der Waals surface area contributed by atoms with E-state index >= 15 is 0 Å². The van der Waals surface area contributed by atoms with Crippen LogP contribution >= 0.6 is 0 Å². The zero-order valence-corrected chi connectivity index (χ0v) is 12.3. The lowest BCUT2D eigenvalue weighted by molar-refractivity contribution is 0.0697. The van der Waals surface area contributed by atoms with E-state index in [9.17, 15) is 9.90 Å². The number of aromatic carboxylic acids is 1. The molecule has 0 saturated carbocycles. The average molecular weight is 288 g/mol. The summed E-state index contributed by atoms with van der Waals surface area (Å²) in [5, 5.41) is 13.1. The molecule has 2 rings (SSSR count). The average Bonchev–Trinajstić information content (AvgIpc) is 2.45. The summed E-state index contributed by atoms with van der Waals surface area (Å²) >= 11 is 0. The van der Waals surface area contributed by atoms with E-state index in [0.717, 1.165) is 10.9 Å². The molecule has 0 atom stereocenters. The Balaban J connectivity index is 2.10. The molecule has 1 heterocycles. The van der Waals surface area contributed by atoms with Gasteiger partial charge in [0.15, 0.2) is 0 Å². The normalized spacial score (nSPS) is 11.0. The summed E-state index contributed by atoms with van der Waals surface area (Å²) in [5.74, 6) is -0.119. The first-order chi connectivity index (χ1) is 10.1. The molecule has 0 aliphatic heterocycles. The molecule has 112 valence electrons. The van der Waals surface area contributed by atoms with E-state index in [0.29, 0.717) is 31.5 Å². The van der Waals surface area contributed by atoms with Gasteiger partial charge in [0.1, 0.15) is 11.4 Å². The first kappa shape index (κ1) is 15.3. The number of aromatic nitrogens is 1. The van der Waals surface area contributed by atoms with E-state index in [1.54, 1.807) is 6.07 Å². The van der Waals surface area contributed by atoms with Gasteiger partial charge in [0.25, 0.3) is 0 Å². The predicted octanol–water partition coefficient (Wildman–Crippen LogP) is 3.02. The third kappa shape index (κ3) is 4.16. The standard InChI is InChI=1S/C16H20N2O3/c1-11(2)10-21-8-7-17-15-13(16(19)20)9-12-5-3-4-6-14(12)18-15/h3-6,9,11H,7-8,10H2,1-2H3,(H,17,18)(H,19,20). The summed E-state index contributed by atoms with van der Waals surface area (Å²) in [7, 11) is 0. The van der Waals surface area contributed by atoms with Gasteiger partial charge in [-0.2, -0.15) is 0 Å². The highest BCUT2D eigenvalue weighted by molar-refractivity contribution is 5.98. The number of carboxylic acid groups (broad SMARTS) is 1. The summed E-state index contributed by atoms with van der Waals surface area (Å²) in [6.45, 7) is 5.91. The number of nitrogens with zero attached hydrogens (tertiary/aromatic N) is 1. The number of ether oxygens (including phenoxy) is 1. The summed E-state index contributed by atoms with van der Waals surface area (Å²) in [6.07, 6.45) is 0. The molecule has 5 heteroatoms. The maximum Gasteiger partial charge on any atom is 0.339 e. The van der Waals surface area contributed by atoms with Crippen molar-refractivity contribution in [2.45, 2.75) is 13.8 Å². The highest BCUT2D eigenvalue weighted by Gasteiger charge is 2.12. The smallest absolute Gasteiger partial charge is 0.339 e. The van der Waals surface area contributed by atoms with Crippen molar-refractivity contribution in [2.75, 3.05) is 25.1 Å². The van der Waals surface area contributed by atoms with Crippen LogP contribution in [0, 0.1) is 5.92 Å². The van der Waals surface area contributed by atoms with Crippen LogP contribution in [-0.2, 0) is 4.74 Å². The number of rotatable bonds is 7. The second-order valence-electron chi connectivity index (χ2n) is 5.28. The van der Waals surface area contributed by atoms with Gasteiger partial charge in [-0.15, -0.1) is 0 Å². The molecule has 0 aliphatic rings. The molecule has 0 radical (unpaired) electrons. The minimum atomic E-state index is -0.987. The van der Waals surface area contributed by atoms with Crippen molar-refractivity contribution < 1.29 is 14.6 Å². The Bertz CT molecular complexity index is 626. The number of anilines is 1. The zero-order valence-electron chi connectivity index (χ0n) is 12.3. The van der Waals surface area contributed by atoms with Crippen molar-refractivity contribution in [3.05, 3.63) is 35.9 Å². The molecule has 2 aromatic rings. The van der Waals surface area contributed by atoms with Gasteiger partial charge < -0.3 is 15.2 Å². The Morgan fingerprint density at radius 1 is 1.38 bits per heavy atom. The van der Waals surface area contributed by atoms with Crippen LogP contribution in [0.2, 0.25) is 0 Å². The van der Waals surface area contributed by atoms with Crippen molar-refractivity contribution >= 4 is 22.7 Å². The molecule has 0 spiro atoms. The van der Waals surface area contributed by atoms with Crippen LogP contribution in [0.25, 0.3) is 10.9 Å². The highest BCUT2D eigenvalue weighted by atomic mass is 16.5. The number of hydrogen-bond acceptors (Lipinski definition) is 4. The fourth-order valence-corrected chi connectivity index (χ4v) is 1.97. The number of benzene rings is 1. The quantitative estimate of drug-likeness (QED) is 0.766. The summed E-state index contributed by atoms with van der Waals surface area (Å²) in [5.41, 5.74) is 0.950. The maximum absolute atomic E-state index is 11.3. The first-order valence-corrected chi connectivity index (χ1v) is 7.02. The van der Waals surface area contributed by atoms with Gasteiger partial charge in [0.2, 0.25) is 0 Å². The number of fused-ring (bicyclic) bond motifs is 1. The number of carboxylic acids is 1. The molecule has 0 unspecified atom stereocenters. The first-order valence-electron chi connectivity index (χ1n) is 7.02. The summed E-state index contributed by atoms with van der Waals surface area (Å²) in [6, 6.07) is 9.10. The second kappa shape index (κ2) is 7.04. The predicted molar refractivity (Wildman–Crippen MR) is 82.8 cm³/mol. The molecule has 0 fully saturated rings. The Morgan fingerprint density at radius 2 is 2.14 bits per heavy atom. The van der Waals surface area contributed by atoms with Gasteiger partial charge in [-0.3, -0.25) is 0 Å². The van der Waals surface area contributed by atoms with Gasteiger partial charge >= 0.3 is 5.97 Å². The van der Waals surface area contributed by atoms with Crippen molar-refractivity contribution in [1.82, 2.24) is 4.98 Å². The van der Waals surface area contributed by atoms with Crippen LogP contribution in [0.1, 0.15) is 24.2 Å². The lowest BCUT2D eigenvalue weighted by atomic mass is 10.1. The lowest BCUT2D eigenvalue weighted by Gasteiger charge is -2.11. The molecule has 21 heavy (non-hydrogen) atoms. The van der Waals surface area contributed by atoms with Crippen LogP contribution in [-0.4, -0.2) is 35.8 Å². The Labute approximate surface area is 124 Å². The van der Waals surface area contributed by atoms with E-state index in [2.05, 4.69) is 24.1 Å². The Kier molecular flexibility index (Phi) is 5.11. The minimum Gasteiger partial charge on any atom is -0.478 e. The number of hydrogen-bond donors (Lipinski definition) is 2. The highest BCUT2D eigenvalue weighted by Crippen LogP contribution is 2.20. The Morgan fingerprint density at radius 3 is 2.86 bits per heavy atom. The van der Waals surface area contributed by atoms with Gasteiger partial charge in [0.05, 0.1) is 12.1 Å². The van der Waals surface area contributed by atoms with Gasteiger partial charge in [-0.1, -0.05) is 32.0 Å². The molecule has 5 nitrogen and oxygen atoms in total. The Hall–Kier alpha value is -2.14. The fourth-order valence-electron chi connectivity index (χ4n) is 1.97. The van der Waals surface area contributed by atoms with Crippen LogP contribution in [0.15, 0.2) is 30.3 Å². The summed E-state index contributed by atoms with van der Waals surface area (Å²) < 4.78 is 5.47. The molecule has 1 aromatic heterocycles. The van der Waals surface area contributed by atoms with Crippen LogP contribution in [0.4, 0.5) is 5.82 Å². The molecule has 0 saturated heterocycles. The van der Waals surface area contributed by atoms with Crippen LogP contribution in [0.5, 0.6) is 0 Å². The molecular formula is C16H20N2O3. The number of nitrogens with one attached hydrogen (secondary N) is 1. The third-order valence-corrected chi connectivity index (χ3v) is 2.94. The van der Waals surface area contributed by atoms with Crippen molar-refractivity contribution in [2.24, 2.45) is 5.92 Å².